The van der Waals surface area contributed by atoms with Gasteiger partial charge in [0.05, 0.1) is 18.0 Å². The van der Waals surface area contributed by atoms with Gasteiger partial charge < -0.3 is 15.2 Å². The van der Waals surface area contributed by atoms with Crippen molar-refractivity contribution < 1.29 is 0 Å². The average molecular weight is 456 g/mol. The number of hydrogen-bond acceptors (Lipinski definition) is 4. The van der Waals surface area contributed by atoms with Crippen molar-refractivity contribution in [3.63, 3.8) is 0 Å². The van der Waals surface area contributed by atoms with Crippen LogP contribution in [-0.2, 0) is 6.54 Å². The molecule has 8 heteroatoms. The molecule has 0 radical (unpaired) electrons. The molecule has 0 bridgehead atoms. The Morgan fingerprint density at radius 1 is 1.06 bits per heavy atom. The molecule has 2 aliphatic rings. The fourth-order valence-electron chi connectivity index (χ4n) is 4.85. The number of rotatable bonds is 2. The van der Waals surface area contributed by atoms with E-state index in [0.29, 0.717) is 5.69 Å². The molecule has 0 amide bonds. The summed E-state index contributed by atoms with van der Waals surface area (Å²) in [6, 6.07) is 16.8. The summed E-state index contributed by atoms with van der Waals surface area (Å²) in [5.41, 5.74) is 13.6. The van der Waals surface area contributed by atoms with E-state index in [2.05, 4.69) is 59.5 Å². The zero-order valence-electron chi connectivity index (χ0n) is 18.4. The van der Waals surface area contributed by atoms with E-state index >= 15 is 0 Å². The van der Waals surface area contributed by atoms with Crippen LogP contribution in [0.2, 0.25) is 0 Å². The normalized spacial score (nSPS) is 16.3. The van der Waals surface area contributed by atoms with Crippen LogP contribution >= 0.6 is 13.5 Å². The van der Waals surface area contributed by atoms with Crippen LogP contribution in [-0.4, -0.2) is 38.5 Å². The molecule has 0 saturated carbocycles. The summed E-state index contributed by atoms with van der Waals surface area (Å²) < 4.78 is 4.41. The van der Waals surface area contributed by atoms with Gasteiger partial charge in [0.15, 0.2) is 11.5 Å². The largest absolute Gasteiger partial charge is 0.370 e. The second kappa shape index (κ2) is 8.10. The summed E-state index contributed by atoms with van der Waals surface area (Å²) >= 11 is 0. The van der Waals surface area contributed by atoms with E-state index < -0.39 is 0 Å². The first-order valence-electron chi connectivity index (χ1n) is 10.8. The molecular weight excluding hydrogens is 430 g/mol. The van der Waals surface area contributed by atoms with Crippen molar-refractivity contribution in [1.82, 2.24) is 19.3 Å². The molecule has 0 spiro atoms. The zero-order valence-corrected chi connectivity index (χ0v) is 19.4. The first-order valence-corrected chi connectivity index (χ1v) is 10.8. The van der Waals surface area contributed by atoms with E-state index in [0.717, 1.165) is 60.2 Å². The number of hydrogen-bond donors (Lipinski definition) is 1. The standard InChI is InChI=1S/C25H23N7.H2S/c1-16-28-29-25-24-12-18(17-3-5-21(27-2)6-4-17)13-31(24)14-19-11-22(7-8-23(19)32(16)25)30-10-9-20(26)15-30;/h3-8,11-13,20H,9-10,14-15,26H2,1H3;1H2/t20-;/m0./s1. The predicted octanol–water partition coefficient (Wildman–Crippen LogP) is 4.27. The van der Waals surface area contributed by atoms with Crippen molar-refractivity contribution in [2.45, 2.75) is 25.9 Å². The summed E-state index contributed by atoms with van der Waals surface area (Å²) in [6.45, 7) is 11.8. The fourth-order valence-corrected chi connectivity index (χ4v) is 4.85. The number of nitrogens with zero attached hydrogens (tertiary/aromatic N) is 6. The maximum absolute atomic E-state index is 7.18. The van der Waals surface area contributed by atoms with E-state index in [1.54, 1.807) is 0 Å². The molecule has 1 saturated heterocycles. The number of fused-ring (bicyclic) bond motifs is 5. The van der Waals surface area contributed by atoms with E-state index in [1.165, 1.54) is 11.3 Å². The van der Waals surface area contributed by atoms with Crippen LogP contribution in [0.5, 0.6) is 0 Å². The van der Waals surface area contributed by atoms with Crippen molar-refractivity contribution in [2.75, 3.05) is 18.0 Å². The average Bonchev–Trinajstić information content (AvgIpc) is 3.51. The van der Waals surface area contributed by atoms with Crippen molar-refractivity contribution in [3.8, 4) is 28.3 Å². The van der Waals surface area contributed by atoms with Crippen LogP contribution in [0.1, 0.15) is 17.8 Å². The Hall–Kier alpha value is -3.54. The number of aromatic nitrogens is 4. The second-order valence-electron chi connectivity index (χ2n) is 8.61. The van der Waals surface area contributed by atoms with Gasteiger partial charge in [0, 0.05) is 43.1 Å². The van der Waals surface area contributed by atoms with Gasteiger partial charge in [0.25, 0.3) is 0 Å². The van der Waals surface area contributed by atoms with Gasteiger partial charge in [-0.3, -0.25) is 4.57 Å². The monoisotopic (exact) mass is 455 g/mol. The Bertz CT molecular complexity index is 1380. The first kappa shape index (κ1) is 21.3. The molecule has 33 heavy (non-hydrogen) atoms. The molecule has 2 aliphatic heterocycles. The molecular formula is C25H25N7S. The summed E-state index contributed by atoms with van der Waals surface area (Å²) in [6.07, 6.45) is 3.20. The fraction of sp³-hybridized carbons (Fsp3) is 0.240. The Balaban J connectivity index is 0.00000228. The molecule has 1 fully saturated rings. The lowest BCUT2D eigenvalue weighted by Crippen LogP contribution is -2.26. The smallest absolute Gasteiger partial charge is 0.187 e. The van der Waals surface area contributed by atoms with Crippen molar-refractivity contribution in [3.05, 3.63) is 77.5 Å². The van der Waals surface area contributed by atoms with Gasteiger partial charge in [-0.25, -0.2) is 4.85 Å². The van der Waals surface area contributed by atoms with Gasteiger partial charge in [0.2, 0.25) is 0 Å². The lowest BCUT2D eigenvalue weighted by molar-refractivity contribution is 0.752. The molecule has 7 nitrogen and oxygen atoms in total. The summed E-state index contributed by atoms with van der Waals surface area (Å²) in [7, 11) is 0. The molecule has 4 heterocycles. The van der Waals surface area contributed by atoms with Gasteiger partial charge in [0.1, 0.15) is 5.82 Å². The minimum absolute atomic E-state index is 0. The van der Waals surface area contributed by atoms with Gasteiger partial charge >= 0.3 is 0 Å². The van der Waals surface area contributed by atoms with Crippen molar-refractivity contribution in [2.24, 2.45) is 5.73 Å². The minimum atomic E-state index is 0. The lowest BCUT2D eigenvalue weighted by Gasteiger charge is -2.20. The lowest BCUT2D eigenvalue weighted by atomic mass is 10.1. The second-order valence-corrected chi connectivity index (χ2v) is 8.61. The third-order valence-electron chi connectivity index (χ3n) is 6.51. The highest BCUT2D eigenvalue weighted by atomic mass is 32.1. The van der Waals surface area contributed by atoms with Crippen LogP contribution in [0.15, 0.2) is 54.7 Å². The van der Waals surface area contributed by atoms with Crippen LogP contribution in [0.4, 0.5) is 11.4 Å². The maximum atomic E-state index is 7.18. The van der Waals surface area contributed by atoms with Crippen LogP contribution in [0.3, 0.4) is 0 Å². The molecule has 0 unspecified atom stereocenters. The minimum Gasteiger partial charge on any atom is -0.370 e. The summed E-state index contributed by atoms with van der Waals surface area (Å²) in [5.74, 6) is 1.72. The SMILES string of the molecule is S.[C-]#[N+]c1ccc(-c2cc3n(c2)Cc2cc(N4CC[C@H](N)C4)ccc2-n2c(C)nnc2-3)cc1. The Labute approximate surface area is 199 Å². The molecule has 6 rings (SSSR count). The zero-order chi connectivity index (χ0) is 21.8. The van der Waals surface area contributed by atoms with Gasteiger partial charge in [-0.05, 0) is 48.7 Å². The van der Waals surface area contributed by atoms with E-state index in [9.17, 15) is 0 Å². The highest BCUT2D eigenvalue weighted by Crippen LogP contribution is 2.36. The molecule has 2 aromatic carbocycles. The number of anilines is 1. The van der Waals surface area contributed by atoms with Crippen molar-refractivity contribution in [1.29, 1.82) is 0 Å². The van der Waals surface area contributed by atoms with E-state index in [1.807, 2.05) is 31.2 Å². The number of nitrogens with two attached hydrogens (primary N) is 1. The molecule has 2 aromatic heterocycles. The summed E-state index contributed by atoms with van der Waals surface area (Å²) in [4.78, 5) is 5.87. The van der Waals surface area contributed by atoms with Gasteiger partial charge in [-0.2, -0.15) is 13.5 Å². The van der Waals surface area contributed by atoms with Crippen LogP contribution in [0.25, 0.3) is 33.2 Å². The molecule has 1 atom stereocenters. The van der Waals surface area contributed by atoms with Crippen LogP contribution < -0.4 is 10.6 Å². The highest BCUT2D eigenvalue weighted by molar-refractivity contribution is 7.59. The Morgan fingerprint density at radius 2 is 1.88 bits per heavy atom. The highest BCUT2D eigenvalue weighted by Gasteiger charge is 2.26. The van der Waals surface area contributed by atoms with E-state index in [4.69, 9.17) is 12.3 Å². The number of benzene rings is 2. The quantitative estimate of drug-likeness (QED) is 0.404. The molecule has 166 valence electrons. The molecule has 4 aromatic rings. The Kier molecular flexibility index (Phi) is 5.23. The number of aryl methyl sites for hydroxylation is 1. The first-order chi connectivity index (χ1) is 15.6. The third kappa shape index (κ3) is 3.50. The predicted molar refractivity (Wildman–Crippen MR) is 136 cm³/mol. The Morgan fingerprint density at radius 3 is 2.61 bits per heavy atom. The van der Waals surface area contributed by atoms with Gasteiger partial charge in [-0.15, -0.1) is 10.2 Å². The van der Waals surface area contributed by atoms with Crippen LogP contribution in [0, 0.1) is 13.5 Å². The van der Waals surface area contributed by atoms with Crippen molar-refractivity contribution >= 4 is 24.9 Å². The maximum Gasteiger partial charge on any atom is 0.187 e. The third-order valence-corrected chi connectivity index (χ3v) is 6.51. The summed E-state index contributed by atoms with van der Waals surface area (Å²) in [5, 5.41) is 8.92. The molecule has 2 N–H and O–H groups in total. The van der Waals surface area contributed by atoms with E-state index in [-0.39, 0.29) is 19.5 Å². The van der Waals surface area contributed by atoms with Gasteiger partial charge in [-0.1, -0.05) is 24.3 Å². The molecule has 0 aliphatic carbocycles. The topological polar surface area (TPSA) is 69.3 Å².